The number of benzene rings is 2. The minimum Gasteiger partial charge on any atom is -0.494 e. The van der Waals surface area contributed by atoms with Gasteiger partial charge in [-0.15, -0.1) is 0 Å². The molecule has 2 aromatic carbocycles. The van der Waals surface area contributed by atoms with Crippen LogP contribution >= 0.6 is 0 Å². The molecular formula is C23H26F2N4O3. The van der Waals surface area contributed by atoms with Crippen molar-refractivity contribution in [3.63, 3.8) is 0 Å². The highest BCUT2D eigenvalue weighted by Crippen LogP contribution is 2.26. The molecular weight excluding hydrogens is 418 g/mol. The Morgan fingerprint density at radius 3 is 2.69 bits per heavy atom. The van der Waals surface area contributed by atoms with E-state index in [-0.39, 0.29) is 29.9 Å². The molecule has 1 aromatic heterocycles. The number of para-hydroxylation sites is 2. The van der Waals surface area contributed by atoms with Crippen molar-refractivity contribution < 1.29 is 23.4 Å². The molecule has 170 valence electrons. The molecule has 1 aliphatic rings. The summed E-state index contributed by atoms with van der Waals surface area (Å²) < 4.78 is 33.7. The Balaban J connectivity index is 1.57. The molecule has 0 bridgehead atoms. The largest absolute Gasteiger partial charge is 0.494 e. The number of aliphatic hydroxyl groups is 1. The zero-order chi connectivity index (χ0) is 22.7. The summed E-state index contributed by atoms with van der Waals surface area (Å²) in [4.78, 5) is 20.4. The smallest absolute Gasteiger partial charge is 0.315 e. The van der Waals surface area contributed by atoms with Crippen LogP contribution in [0.3, 0.4) is 0 Å². The van der Waals surface area contributed by atoms with Crippen molar-refractivity contribution in [1.82, 2.24) is 20.6 Å². The molecule has 32 heavy (non-hydrogen) atoms. The molecule has 1 aliphatic carbocycles. The van der Waals surface area contributed by atoms with Crippen molar-refractivity contribution in [2.45, 2.75) is 50.3 Å². The summed E-state index contributed by atoms with van der Waals surface area (Å²) in [5.74, 6) is -1.06. The lowest BCUT2D eigenvalue weighted by molar-refractivity contribution is 0.117. The second kappa shape index (κ2) is 9.52. The minimum atomic E-state index is -0.723. The topological polar surface area (TPSA) is 99.3 Å². The molecule has 1 heterocycles. The molecule has 4 N–H and O–H groups in total. The zero-order valence-corrected chi connectivity index (χ0v) is 17.7. The van der Waals surface area contributed by atoms with Crippen molar-refractivity contribution in [3.8, 4) is 5.75 Å². The van der Waals surface area contributed by atoms with Gasteiger partial charge in [0.15, 0.2) is 11.6 Å². The highest BCUT2D eigenvalue weighted by atomic mass is 19.1. The van der Waals surface area contributed by atoms with Crippen LogP contribution in [0, 0.1) is 11.6 Å². The highest BCUT2D eigenvalue weighted by molar-refractivity contribution is 5.76. The molecule has 1 saturated carbocycles. The van der Waals surface area contributed by atoms with Gasteiger partial charge in [0.2, 0.25) is 0 Å². The zero-order valence-electron chi connectivity index (χ0n) is 17.7. The summed E-state index contributed by atoms with van der Waals surface area (Å²) in [5.41, 5.74) is 1.57. The van der Waals surface area contributed by atoms with E-state index in [1.807, 2.05) is 24.3 Å². The number of imidazole rings is 1. The van der Waals surface area contributed by atoms with Crippen LogP contribution in [-0.4, -0.2) is 40.4 Å². The molecule has 0 saturated heterocycles. The maximum Gasteiger partial charge on any atom is 0.315 e. The third-order valence-corrected chi connectivity index (χ3v) is 5.82. The molecule has 0 radical (unpaired) electrons. The van der Waals surface area contributed by atoms with Crippen LogP contribution in [0.25, 0.3) is 11.0 Å². The number of ether oxygens (including phenoxy) is 1. The second-order valence-corrected chi connectivity index (χ2v) is 8.10. The fraction of sp³-hybridized carbons (Fsp3) is 0.391. The van der Waals surface area contributed by atoms with Gasteiger partial charge in [0.05, 0.1) is 30.3 Å². The van der Waals surface area contributed by atoms with Crippen LogP contribution in [0.4, 0.5) is 13.6 Å². The second-order valence-electron chi connectivity index (χ2n) is 8.10. The molecule has 1 unspecified atom stereocenters. The Hall–Kier alpha value is -3.20. The number of fused-ring (bicyclic) bond motifs is 1. The van der Waals surface area contributed by atoms with Crippen LogP contribution in [0.2, 0.25) is 0 Å². The Labute approximate surface area is 184 Å². The molecule has 0 aliphatic heterocycles. The van der Waals surface area contributed by atoms with E-state index in [0.29, 0.717) is 37.0 Å². The Bertz CT molecular complexity index is 1060. The predicted molar refractivity (Wildman–Crippen MR) is 115 cm³/mol. The summed E-state index contributed by atoms with van der Waals surface area (Å²) in [6.07, 6.45) is 2.29. The number of aromatic nitrogens is 2. The lowest BCUT2D eigenvalue weighted by atomic mass is 9.93. The SMILES string of the molecule is COc1cc(F)c(CC(NC(=O)N[C@H]2CC[C@H](O)CC2)c2nc3ccccc3[nH]2)cc1F. The number of nitrogens with one attached hydrogen (secondary N) is 3. The fourth-order valence-corrected chi connectivity index (χ4v) is 4.06. The standard InChI is InChI=1S/C23H26F2N4O3/c1-32-21-12-16(24)13(10-17(21)25)11-20(22-27-18-4-2-3-5-19(18)28-22)29-23(31)26-14-6-8-15(30)9-7-14/h2-5,10,12,14-15,20,30H,6-9,11H2,1H3,(H,27,28)(H2,26,29,31)/t14-,15-,20?. The van der Waals surface area contributed by atoms with Gasteiger partial charge in [-0.05, 0) is 49.4 Å². The summed E-state index contributed by atoms with van der Waals surface area (Å²) >= 11 is 0. The van der Waals surface area contributed by atoms with Crippen LogP contribution in [0.15, 0.2) is 36.4 Å². The number of urea groups is 1. The van der Waals surface area contributed by atoms with Crippen LogP contribution in [-0.2, 0) is 6.42 Å². The summed E-state index contributed by atoms with van der Waals surface area (Å²) in [5, 5.41) is 15.4. The Morgan fingerprint density at radius 1 is 1.22 bits per heavy atom. The maximum absolute atomic E-state index is 14.6. The number of H-pyrrole nitrogens is 1. The number of amides is 2. The average Bonchev–Trinajstić information content (AvgIpc) is 3.21. The van der Waals surface area contributed by atoms with Gasteiger partial charge in [-0.3, -0.25) is 0 Å². The summed E-state index contributed by atoms with van der Waals surface area (Å²) in [6.45, 7) is 0. The van der Waals surface area contributed by atoms with Crippen molar-refractivity contribution in [3.05, 3.63) is 59.4 Å². The number of methoxy groups -OCH3 is 1. The fourth-order valence-electron chi connectivity index (χ4n) is 4.06. The third-order valence-electron chi connectivity index (χ3n) is 5.82. The average molecular weight is 444 g/mol. The molecule has 7 nitrogen and oxygen atoms in total. The van der Waals surface area contributed by atoms with E-state index in [4.69, 9.17) is 4.74 Å². The quantitative estimate of drug-likeness (QED) is 0.466. The number of carbonyl (C=O) groups is 1. The van der Waals surface area contributed by atoms with Gasteiger partial charge in [-0.2, -0.15) is 0 Å². The van der Waals surface area contributed by atoms with Gasteiger partial charge in [0.25, 0.3) is 0 Å². The molecule has 4 rings (SSSR count). The lowest BCUT2D eigenvalue weighted by Gasteiger charge is -2.27. The van der Waals surface area contributed by atoms with Crippen LogP contribution in [0.5, 0.6) is 5.75 Å². The van der Waals surface area contributed by atoms with E-state index >= 15 is 0 Å². The first-order valence-electron chi connectivity index (χ1n) is 10.6. The number of rotatable bonds is 6. The molecule has 1 atom stereocenters. The number of hydrogen-bond acceptors (Lipinski definition) is 4. The van der Waals surface area contributed by atoms with Gasteiger partial charge in [-0.1, -0.05) is 12.1 Å². The van der Waals surface area contributed by atoms with E-state index in [2.05, 4.69) is 20.6 Å². The molecule has 0 spiro atoms. The normalized spacial score (nSPS) is 19.5. The number of nitrogens with zero attached hydrogens (tertiary/aromatic N) is 1. The van der Waals surface area contributed by atoms with Crippen molar-refractivity contribution in [1.29, 1.82) is 0 Å². The number of carbonyl (C=O) groups excluding carboxylic acids is 1. The number of aromatic amines is 1. The summed E-state index contributed by atoms with van der Waals surface area (Å²) in [6, 6.07) is 8.25. The Kier molecular flexibility index (Phi) is 6.55. The van der Waals surface area contributed by atoms with E-state index in [0.717, 1.165) is 17.6 Å². The molecule has 2 amide bonds. The van der Waals surface area contributed by atoms with Gasteiger partial charge in [0.1, 0.15) is 11.6 Å². The maximum atomic E-state index is 14.6. The van der Waals surface area contributed by atoms with Crippen molar-refractivity contribution in [2.75, 3.05) is 7.11 Å². The van der Waals surface area contributed by atoms with E-state index in [1.165, 1.54) is 7.11 Å². The van der Waals surface area contributed by atoms with Gasteiger partial charge < -0.3 is 25.5 Å². The predicted octanol–water partition coefficient (Wildman–Crippen LogP) is 3.74. The van der Waals surface area contributed by atoms with Crippen LogP contribution in [0.1, 0.15) is 43.1 Å². The first kappa shape index (κ1) is 22.0. The van der Waals surface area contributed by atoms with Gasteiger partial charge in [-0.25, -0.2) is 18.6 Å². The molecule has 3 aromatic rings. The van der Waals surface area contributed by atoms with Crippen LogP contribution < -0.4 is 15.4 Å². The van der Waals surface area contributed by atoms with Gasteiger partial charge in [0, 0.05) is 18.5 Å². The highest BCUT2D eigenvalue weighted by Gasteiger charge is 2.25. The van der Waals surface area contributed by atoms with E-state index in [9.17, 15) is 18.7 Å². The minimum absolute atomic E-state index is 0.0105. The van der Waals surface area contributed by atoms with Gasteiger partial charge >= 0.3 is 6.03 Å². The molecule has 9 heteroatoms. The lowest BCUT2D eigenvalue weighted by Crippen LogP contribution is -2.45. The first-order valence-corrected chi connectivity index (χ1v) is 10.6. The van der Waals surface area contributed by atoms with Crippen molar-refractivity contribution in [2.24, 2.45) is 0 Å². The number of hydrogen-bond donors (Lipinski definition) is 4. The third kappa shape index (κ3) is 4.99. The number of aliphatic hydroxyl groups excluding tert-OH is 1. The molecule has 1 fully saturated rings. The summed E-state index contributed by atoms with van der Waals surface area (Å²) in [7, 11) is 1.27. The first-order chi connectivity index (χ1) is 15.4. The van der Waals surface area contributed by atoms with E-state index in [1.54, 1.807) is 0 Å². The Morgan fingerprint density at radius 2 is 1.97 bits per heavy atom. The monoisotopic (exact) mass is 444 g/mol. The van der Waals surface area contributed by atoms with E-state index < -0.39 is 23.7 Å². The number of halogens is 2. The van der Waals surface area contributed by atoms with Crippen molar-refractivity contribution >= 4 is 17.1 Å².